The van der Waals surface area contributed by atoms with Crippen LogP contribution in [0.2, 0.25) is 0 Å². The highest BCUT2D eigenvalue weighted by atomic mass is 16.5. The number of allylic oxidation sites excluding steroid dienone is 1. The van der Waals surface area contributed by atoms with E-state index >= 15 is 0 Å². The van der Waals surface area contributed by atoms with Crippen LogP contribution in [-0.4, -0.2) is 18.3 Å². The summed E-state index contributed by atoms with van der Waals surface area (Å²) in [7, 11) is 1.69. The van der Waals surface area contributed by atoms with Gasteiger partial charge in [0.15, 0.2) is 0 Å². The molecule has 2 aromatic rings. The van der Waals surface area contributed by atoms with Gasteiger partial charge in [0.2, 0.25) is 0 Å². The first kappa shape index (κ1) is 14.6. The summed E-state index contributed by atoms with van der Waals surface area (Å²) in [5.41, 5.74) is 3.20. The largest absolute Gasteiger partial charge is 0.383 e. The Labute approximate surface area is 123 Å². The van der Waals surface area contributed by atoms with E-state index in [0.29, 0.717) is 6.61 Å². The molecule has 0 unspecified atom stereocenters. The topological polar surface area (TPSA) is 73.8 Å². The van der Waals surface area contributed by atoms with Crippen LogP contribution >= 0.6 is 0 Å². The summed E-state index contributed by atoms with van der Waals surface area (Å²) in [5.74, 6) is 0. The van der Waals surface area contributed by atoms with Crippen LogP contribution in [0.3, 0.4) is 0 Å². The average molecular weight is 280 g/mol. The number of nitrogens with one attached hydrogen (secondary N) is 1. The second-order valence-corrected chi connectivity index (χ2v) is 4.63. The van der Waals surface area contributed by atoms with E-state index in [1.165, 1.54) is 11.9 Å². The molecule has 1 aromatic carbocycles. The fraction of sp³-hybridized carbons (Fsp3) is 0.250. The number of methoxy groups -OCH3 is 1. The van der Waals surface area contributed by atoms with Gasteiger partial charge in [-0.2, -0.15) is 10.5 Å². The third-order valence-electron chi connectivity index (χ3n) is 3.25. The van der Waals surface area contributed by atoms with Gasteiger partial charge in [-0.05, 0) is 31.2 Å². The predicted molar refractivity (Wildman–Crippen MR) is 81.5 cm³/mol. The van der Waals surface area contributed by atoms with Gasteiger partial charge in [-0.15, -0.1) is 0 Å². The van der Waals surface area contributed by atoms with Crippen LogP contribution in [-0.2, 0) is 11.3 Å². The van der Waals surface area contributed by atoms with Crippen molar-refractivity contribution in [2.75, 3.05) is 19.0 Å². The number of benzene rings is 1. The van der Waals surface area contributed by atoms with Crippen LogP contribution < -0.4 is 5.32 Å². The van der Waals surface area contributed by atoms with Crippen LogP contribution in [0.25, 0.3) is 10.9 Å². The summed E-state index contributed by atoms with van der Waals surface area (Å²) in [4.78, 5) is 0. The maximum absolute atomic E-state index is 8.70. The molecular weight excluding hydrogens is 264 g/mol. The van der Waals surface area contributed by atoms with Crippen LogP contribution in [0.1, 0.15) is 5.69 Å². The Morgan fingerprint density at radius 2 is 2.10 bits per heavy atom. The number of hydrogen-bond donors (Lipinski definition) is 1. The molecule has 0 saturated carbocycles. The molecule has 0 atom stereocenters. The monoisotopic (exact) mass is 280 g/mol. The van der Waals surface area contributed by atoms with Crippen molar-refractivity contribution in [3.05, 3.63) is 41.7 Å². The maximum Gasteiger partial charge on any atom is 0.145 e. The number of hydrogen-bond acceptors (Lipinski definition) is 4. The summed E-state index contributed by atoms with van der Waals surface area (Å²) >= 11 is 0. The van der Waals surface area contributed by atoms with Crippen molar-refractivity contribution in [3.63, 3.8) is 0 Å². The van der Waals surface area contributed by atoms with Gasteiger partial charge >= 0.3 is 0 Å². The molecular formula is C16H16N4O. The Morgan fingerprint density at radius 3 is 2.76 bits per heavy atom. The van der Waals surface area contributed by atoms with Crippen molar-refractivity contribution in [2.24, 2.45) is 0 Å². The molecule has 1 N–H and O–H groups in total. The average Bonchev–Trinajstić information content (AvgIpc) is 2.81. The molecule has 5 heteroatoms. The minimum Gasteiger partial charge on any atom is -0.383 e. The lowest BCUT2D eigenvalue weighted by molar-refractivity contribution is 0.188. The Hall–Kier alpha value is -2.76. The van der Waals surface area contributed by atoms with E-state index in [0.717, 1.165) is 23.1 Å². The summed E-state index contributed by atoms with van der Waals surface area (Å²) in [6, 6.07) is 11.7. The number of nitrogens with zero attached hydrogens (tertiary/aromatic N) is 3. The number of nitriles is 2. The third kappa shape index (κ3) is 3.22. The van der Waals surface area contributed by atoms with Gasteiger partial charge in [-0.1, -0.05) is 0 Å². The standard InChI is InChI=1S/C16H16N4O/c1-12-7-14-8-15(19-11-13(9-17)10-18)3-4-16(14)20(12)5-6-21-2/h3-4,7-8,11,19H,5-6H2,1-2H3. The molecule has 0 aliphatic carbocycles. The second-order valence-electron chi connectivity index (χ2n) is 4.63. The SMILES string of the molecule is COCCn1c(C)cc2cc(NC=C(C#N)C#N)ccc21. The molecule has 0 fully saturated rings. The van der Waals surface area contributed by atoms with E-state index < -0.39 is 0 Å². The molecule has 21 heavy (non-hydrogen) atoms. The summed E-state index contributed by atoms with van der Waals surface area (Å²) in [6.07, 6.45) is 1.41. The van der Waals surface area contributed by atoms with Gasteiger partial charge in [-0.25, -0.2) is 0 Å². The quantitative estimate of drug-likeness (QED) is 0.854. The van der Waals surface area contributed by atoms with E-state index in [1.54, 1.807) is 7.11 Å². The van der Waals surface area contributed by atoms with E-state index in [4.69, 9.17) is 15.3 Å². The lowest BCUT2D eigenvalue weighted by Crippen LogP contribution is -2.05. The second kappa shape index (κ2) is 6.60. The van der Waals surface area contributed by atoms with Crippen LogP contribution in [0.4, 0.5) is 5.69 Å². The molecule has 0 aliphatic rings. The number of anilines is 1. The highest BCUT2D eigenvalue weighted by Crippen LogP contribution is 2.23. The Morgan fingerprint density at radius 1 is 1.33 bits per heavy atom. The van der Waals surface area contributed by atoms with Gasteiger partial charge in [0, 0.05) is 42.1 Å². The van der Waals surface area contributed by atoms with Crippen molar-refractivity contribution in [1.82, 2.24) is 4.57 Å². The highest BCUT2D eigenvalue weighted by Gasteiger charge is 2.06. The number of rotatable bonds is 5. The van der Waals surface area contributed by atoms with Crippen LogP contribution in [0.15, 0.2) is 36.0 Å². The first-order chi connectivity index (χ1) is 10.2. The van der Waals surface area contributed by atoms with E-state index in [-0.39, 0.29) is 5.57 Å². The highest BCUT2D eigenvalue weighted by molar-refractivity contribution is 5.85. The summed E-state index contributed by atoms with van der Waals surface area (Å²) < 4.78 is 7.33. The Balaban J connectivity index is 2.30. The number of fused-ring (bicyclic) bond motifs is 1. The predicted octanol–water partition coefficient (Wildman–Crippen LogP) is 2.94. The molecule has 0 aliphatic heterocycles. The molecule has 0 spiro atoms. The third-order valence-corrected chi connectivity index (χ3v) is 3.25. The van der Waals surface area contributed by atoms with Crippen molar-refractivity contribution in [1.29, 1.82) is 10.5 Å². The van der Waals surface area contributed by atoms with Crippen molar-refractivity contribution in [2.45, 2.75) is 13.5 Å². The zero-order valence-corrected chi connectivity index (χ0v) is 12.1. The van der Waals surface area contributed by atoms with Gasteiger partial charge in [-0.3, -0.25) is 0 Å². The number of aromatic nitrogens is 1. The molecule has 0 radical (unpaired) electrons. The fourth-order valence-electron chi connectivity index (χ4n) is 2.22. The van der Waals surface area contributed by atoms with E-state index in [9.17, 15) is 0 Å². The van der Waals surface area contributed by atoms with Crippen molar-refractivity contribution >= 4 is 16.6 Å². The summed E-state index contributed by atoms with van der Waals surface area (Å²) in [5, 5.41) is 21.5. The van der Waals surface area contributed by atoms with Crippen LogP contribution in [0, 0.1) is 29.6 Å². The Kier molecular flexibility index (Phi) is 4.61. The molecule has 1 heterocycles. The maximum atomic E-state index is 8.70. The van der Waals surface area contributed by atoms with Crippen LogP contribution in [0.5, 0.6) is 0 Å². The lowest BCUT2D eigenvalue weighted by atomic mass is 10.2. The minimum atomic E-state index is 0.0453. The first-order valence-electron chi connectivity index (χ1n) is 6.55. The Bertz CT molecular complexity index is 743. The molecule has 106 valence electrons. The molecule has 0 bridgehead atoms. The summed E-state index contributed by atoms with van der Waals surface area (Å²) in [6.45, 7) is 3.54. The fourth-order valence-corrected chi connectivity index (χ4v) is 2.22. The van der Waals surface area contributed by atoms with Crippen molar-refractivity contribution in [3.8, 4) is 12.1 Å². The number of aryl methyl sites for hydroxylation is 1. The minimum absolute atomic E-state index is 0.0453. The van der Waals surface area contributed by atoms with Gasteiger partial charge in [0.25, 0.3) is 0 Å². The first-order valence-corrected chi connectivity index (χ1v) is 6.55. The normalized spacial score (nSPS) is 9.90. The molecule has 5 nitrogen and oxygen atoms in total. The molecule has 2 rings (SSSR count). The van der Waals surface area contributed by atoms with Crippen molar-refractivity contribution < 1.29 is 4.74 Å². The number of ether oxygens (including phenoxy) is 1. The molecule has 0 amide bonds. The van der Waals surface area contributed by atoms with Gasteiger partial charge in [0.05, 0.1) is 6.61 Å². The smallest absolute Gasteiger partial charge is 0.145 e. The lowest BCUT2D eigenvalue weighted by Gasteiger charge is -2.08. The molecule has 0 saturated heterocycles. The van der Waals surface area contributed by atoms with E-state index in [1.807, 2.05) is 30.3 Å². The molecule has 1 aromatic heterocycles. The van der Waals surface area contributed by atoms with Gasteiger partial charge in [0.1, 0.15) is 17.7 Å². The van der Waals surface area contributed by atoms with E-state index in [2.05, 4.69) is 22.9 Å². The van der Waals surface area contributed by atoms with Gasteiger partial charge < -0.3 is 14.6 Å². The zero-order valence-electron chi connectivity index (χ0n) is 12.1. The zero-order chi connectivity index (χ0) is 15.2.